The molecule has 1 heterocycles. The summed E-state index contributed by atoms with van der Waals surface area (Å²) >= 11 is 0. The predicted molar refractivity (Wildman–Crippen MR) is 59.8 cm³/mol. The molecule has 0 spiro atoms. The van der Waals surface area contributed by atoms with Gasteiger partial charge in [0.2, 0.25) is 9.84 Å². The number of hydrogen-bond acceptors (Lipinski definition) is 3. The van der Waals surface area contributed by atoms with Gasteiger partial charge in [-0.05, 0) is 31.1 Å². The average Bonchev–Trinajstić information content (AvgIpc) is 2.38. The molecule has 1 atom stereocenters. The van der Waals surface area contributed by atoms with Crippen LogP contribution in [0.3, 0.4) is 0 Å². The summed E-state index contributed by atoms with van der Waals surface area (Å²) in [4.78, 5) is -0.0201. The Labute approximate surface area is 93.7 Å². The van der Waals surface area contributed by atoms with E-state index in [2.05, 4.69) is 0 Å². The molecule has 86 valence electrons. The maximum atomic E-state index is 13.5. The zero-order valence-corrected chi connectivity index (χ0v) is 9.59. The third kappa shape index (κ3) is 1.66. The van der Waals surface area contributed by atoms with E-state index in [-0.39, 0.29) is 22.3 Å². The molecular formula is C11H12FNO2S. The van der Waals surface area contributed by atoms with Crippen LogP contribution < -0.4 is 5.73 Å². The normalized spacial score (nSPS) is 19.1. The second-order valence-corrected chi connectivity index (χ2v) is 5.89. The molecule has 0 saturated carbocycles. The molecular weight excluding hydrogens is 229 g/mol. The molecule has 0 saturated heterocycles. The van der Waals surface area contributed by atoms with Crippen molar-refractivity contribution in [2.75, 3.05) is 0 Å². The van der Waals surface area contributed by atoms with Crippen molar-refractivity contribution in [3.8, 4) is 0 Å². The van der Waals surface area contributed by atoms with Gasteiger partial charge in [0, 0.05) is 6.04 Å². The lowest BCUT2D eigenvalue weighted by molar-refractivity contribution is 0.570. The molecule has 1 aromatic carbocycles. The third-order valence-electron chi connectivity index (χ3n) is 2.45. The van der Waals surface area contributed by atoms with E-state index in [4.69, 9.17) is 5.73 Å². The van der Waals surface area contributed by atoms with Gasteiger partial charge in [-0.15, -0.1) is 0 Å². The Balaban J connectivity index is 2.56. The Kier molecular flexibility index (Phi) is 2.59. The number of hydrogen-bond donors (Lipinski definition) is 1. The van der Waals surface area contributed by atoms with Gasteiger partial charge in [0.05, 0.1) is 4.91 Å². The summed E-state index contributed by atoms with van der Waals surface area (Å²) < 4.78 is 37.4. The Morgan fingerprint density at radius 3 is 2.69 bits per heavy atom. The van der Waals surface area contributed by atoms with Crippen molar-refractivity contribution in [2.45, 2.75) is 24.3 Å². The van der Waals surface area contributed by atoms with Crippen LogP contribution in [0.2, 0.25) is 0 Å². The number of fused-ring (bicyclic) bond motifs is 1. The Hall–Kier alpha value is -1.20. The highest BCUT2D eigenvalue weighted by atomic mass is 32.2. The fourth-order valence-corrected chi connectivity index (χ4v) is 3.58. The van der Waals surface area contributed by atoms with Crippen LogP contribution in [0.4, 0.5) is 4.39 Å². The van der Waals surface area contributed by atoms with Crippen molar-refractivity contribution >= 4 is 15.9 Å². The Morgan fingerprint density at radius 1 is 1.44 bits per heavy atom. The van der Waals surface area contributed by atoms with Crippen LogP contribution in [0, 0.1) is 5.82 Å². The first-order valence-electron chi connectivity index (χ1n) is 4.92. The highest BCUT2D eigenvalue weighted by Crippen LogP contribution is 2.36. The van der Waals surface area contributed by atoms with Crippen molar-refractivity contribution in [2.24, 2.45) is 5.73 Å². The summed E-state index contributed by atoms with van der Waals surface area (Å²) in [5.74, 6) is -0.701. The van der Waals surface area contributed by atoms with Crippen molar-refractivity contribution in [3.05, 3.63) is 34.5 Å². The zero-order chi connectivity index (χ0) is 11.9. The molecule has 0 bridgehead atoms. The molecule has 2 N–H and O–H groups in total. The zero-order valence-electron chi connectivity index (χ0n) is 8.77. The van der Waals surface area contributed by atoms with Gasteiger partial charge in [-0.1, -0.05) is 12.1 Å². The summed E-state index contributed by atoms with van der Waals surface area (Å²) in [7, 11) is -3.67. The predicted octanol–water partition coefficient (Wildman–Crippen LogP) is 1.69. The van der Waals surface area contributed by atoms with E-state index in [1.165, 1.54) is 12.1 Å². The average molecular weight is 241 g/mol. The molecule has 0 fully saturated rings. The van der Waals surface area contributed by atoms with Gasteiger partial charge >= 0.3 is 0 Å². The standard InChI is InChI=1S/C11H12FNO2S/c1-7(13)5-9-6-8-3-2-4-10(12)11(8)16(9,14)15/h2-4,6-7H,5,13H2,1H3. The van der Waals surface area contributed by atoms with Crippen LogP contribution in [0.1, 0.15) is 18.9 Å². The Bertz CT molecular complexity index is 561. The van der Waals surface area contributed by atoms with Crippen LogP contribution in [-0.4, -0.2) is 14.5 Å². The first-order chi connectivity index (χ1) is 7.43. The largest absolute Gasteiger partial charge is 0.328 e. The van der Waals surface area contributed by atoms with E-state index in [0.717, 1.165) is 6.07 Å². The van der Waals surface area contributed by atoms with Gasteiger partial charge < -0.3 is 5.73 Å². The van der Waals surface area contributed by atoms with Crippen LogP contribution in [0.5, 0.6) is 0 Å². The number of nitrogens with two attached hydrogens (primary N) is 1. The minimum absolute atomic E-state index is 0.197. The summed E-state index contributed by atoms with van der Waals surface area (Å²) in [6.07, 6.45) is 1.73. The van der Waals surface area contributed by atoms with Crippen molar-refractivity contribution in [3.63, 3.8) is 0 Å². The quantitative estimate of drug-likeness (QED) is 0.857. The summed E-state index contributed by atoms with van der Waals surface area (Å²) in [6.45, 7) is 1.72. The van der Waals surface area contributed by atoms with Gasteiger partial charge in [0.15, 0.2) is 0 Å². The molecule has 5 heteroatoms. The summed E-state index contributed by atoms with van der Waals surface area (Å²) in [5.41, 5.74) is 5.98. The van der Waals surface area contributed by atoms with E-state index in [0.29, 0.717) is 5.56 Å². The lowest BCUT2D eigenvalue weighted by Crippen LogP contribution is -2.17. The number of rotatable bonds is 2. The Morgan fingerprint density at radius 2 is 2.12 bits per heavy atom. The molecule has 3 nitrogen and oxygen atoms in total. The molecule has 2 rings (SSSR count). The number of benzene rings is 1. The summed E-state index contributed by atoms with van der Waals surface area (Å²) in [5, 5.41) is 0. The van der Waals surface area contributed by atoms with Crippen LogP contribution in [0.25, 0.3) is 6.08 Å². The van der Waals surface area contributed by atoms with Crippen molar-refractivity contribution in [1.82, 2.24) is 0 Å². The van der Waals surface area contributed by atoms with Crippen molar-refractivity contribution < 1.29 is 12.8 Å². The highest BCUT2D eigenvalue weighted by Gasteiger charge is 2.32. The van der Waals surface area contributed by atoms with Crippen LogP contribution in [0.15, 0.2) is 28.0 Å². The van der Waals surface area contributed by atoms with E-state index >= 15 is 0 Å². The SMILES string of the molecule is CC(N)CC1=Cc2cccc(F)c2S1(=O)=O. The summed E-state index contributed by atoms with van der Waals surface area (Å²) in [6, 6.07) is 3.97. The lowest BCUT2D eigenvalue weighted by atomic mass is 10.1. The minimum Gasteiger partial charge on any atom is -0.328 e. The second-order valence-electron chi connectivity index (χ2n) is 3.95. The molecule has 0 amide bonds. The first-order valence-corrected chi connectivity index (χ1v) is 6.41. The number of halogens is 1. The molecule has 1 aliphatic heterocycles. The van der Waals surface area contributed by atoms with Crippen molar-refractivity contribution in [1.29, 1.82) is 0 Å². The van der Waals surface area contributed by atoms with Gasteiger partial charge in [-0.3, -0.25) is 0 Å². The van der Waals surface area contributed by atoms with Gasteiger partial charge in [0.25, 0.3) is 0 Å². The maximum absolute atomic E-state index is 13.5. The smallest absolute Gasteiger partial charge is 0.206 e. The van der Waals surface area contributed by atoms with Gasteiger partial charge in [-0.2, -0.15) is 0 Å². The molecule has 0 radical (unpaired) electrons. The topological polar surface area (TPSA) is 60.2 Å². The fraction of sp³-hybridized carbons (Fsp3) is 0.273. The van der Waals surface area contributed by atoms with Gasteiger partial charge in [-0.25, -0.2) is 12.8 Å². The van der Waals surface area contributed by atoms with E-state index < -0.39 is 15.7 Å². The third-order valence-corrected chi connectivity index (χ3v) is 4.39. The maximum Gasteiger partial charge on any atom is 0.206 e. The molecule has 1 aliphatic rings. The lowest BCUT2D eigenvalue weighted by Gasteiger charge is -2.06. The van der Waals surface area contributed by atoms with E-state index in [1.807, 2.05) is 0 Å². The molecule has 1 unspecified atom stereocenters. The molecule has 16 heavy (non-hydrogen) atoms. The number of sulfone groups is 1. The second kappa shape index (κ2) is 3.68. The van der Waals surface area contributed by atoms with E-state index in [9.17, 15) is 12.8 Å². The monoisotopic (exact) mass is 241 g/mol. The van der Waals surface area contributed by atoms with Crippen LogP contribution in [-0.2, 0) is 9.84 Å². The highest BCUT2D eigenvalue weighted by molar-refractivity contribution is 7.95. The minimum atomic E-state index is -3.67. The molecule has 0 aromatic heterocycles. The molecule has 1 aromatic rings. The van der Waals surface area contributed by atoms with Crippen LogP contribution >= 0.6 is 0 Å². The first kappa shape index (κ1) is 11.3. The van der Waals surface area contributed by atoms with Gasteiger partial charge in [0.1, 0.15) is 10.7 Å². The fourth-order valence-electron chi connectivity index (χ4n) is 1.79. The van der Waals surface area contributed by atoms with E-state index in [1.54, 1.807) is 13.0 Å². The molecule has 0 aliphatic carbocycles.